The number of carbonyl (C=O) groups excluding carboxylic acids is 1. The van der Waals surface area contributed by atoms with Gasteiger partial charge in [0.2, 0.25) is 5.78 Å². The molecule has 3 aromatic heterocycles. The van der Waals surface area contributed by atoms with Crippen LogP contribution in [0.1, 0.15) is 22.8 Å². The summed E-state index contributed by atoms with van der Waals surface area (Å²) in [6.45, 7) is 2.62. The van der Waals surface area contributed by atoms with Gasteiger partial charge in [-0.05, 0) is 19.1 Å². The molecular formula is C18H15F2N7O. The number of anilines is 3. The third kappa shape index (κ3) is 2.84. The number of aromatic nitrogens is 5. The number of nitrogen functional groups attached to an aromatic ring is 1. The Morgan fingerprint density at radius 1 is 1.32 bits per heavy atom. The average Bonchev–Trinajstić information content (AvgIpc) is 3.32. The number of carbonyl (C=O) groups is 1. The molecule has 0 amide bonds. The quantitative estimate of drug-likeness (QED) is 0.361. The van der Waals surface area contributed by atoms with Gasteiger partial charge in [-0.1, -0.05) is 0 Å². The molecule has 4 rings (SSSR count). The van der Waals surface area contributed by atoms with E-state index in [2.05, 4.69) is 25.4 Å². The topological polar surface area (TPSA) is 115 Å². The fraction of sp³-hybridized carbons (Fsp3) is 0.111. The maximum atomic E-state index is 14.3. The van der Waals surface area contributed by atoms with Crippen LogP contribution < -0.4 is 11.1 Å². The summed E-state index contributed by atoms with van der Waals surface area (Å²) < 4.78 is 30.2. The molecule has 1 aromatic carbocycles. The fourth-order valence-corrected chi connectivity index (χ4v) is 2.89. The van der Waals surface area contributed by atoms with Crippen molar-refractivity contribution in [1.29, 1.82) is 0 Å². The van der Waals surface area contributed by atoms with Crippen LogP contribution in [0.25, 0.3) is 11.0 Å². The molecule has 0 radical (unpaired) electrons. The van der Waals surface area contributed by atoms with Crippen molar-refractivity contribution in [2.24, 2.45) is 0 Å². The first-order valence-corrected chi connectivity index (χ1v) is 8.39. The Balaban J connectivity index is 1.83. The number of aryl methyl sites for hydroxylation is 1. The van der Waals surface area contributed by atoms with Gasteiger partial charge in [0, 0.05) is 18.9 Å². The summed E-state index contributed by atoms with van der Waals surface area (Å²) >= 11 is 0. The van der Waals surface area contributed by atoms with Gasteiger partial charge in [-0.3, -0.25) is 9.48 Å². The molecule has 10 heteroatoms. The number of benzene rings is 1. The zero-order valence-corrected chi connectivity index (χ0v) is 14.7. The van der Waals surface area contributed by atoms with Crippen LogP contribution in [-0.4, -0.2) is 30.5 Å². The van der Waals surface area contributed by atoms with Crippen molar-refractivity contribution in [3.05, 3.63) is 59.8 Å². The highest BCUT2D eigenvalue weighted by atomic mass is 19.1. The van der Waals surface area contributed by atoms with Crippen LogP contribution >= 0.6 is 0 Å². The molecular weight excluding hydrogens is 368 g/mol. The molecule has 3 heterocycles. The number of fused-ring (bicyclic) bond motifs is 1. The highest BCUT2D eigenvalue weighted by Gasteiger charge is 2.25. The van der Waals surface area contributed by atoms with Crippen molar-refractivity contribution in [2.75, 3.05) is 11.1 Å². The van der Waals surface area contributed by atoms with Crippen LogP contribution in [0, 0.1) is 11.6 Å². The van der Waals surface area contributed by atoms with Gasteiger partial charge in [0.05, 0.1) is 34.1 Å². The Labute approximate surface area is 157 Å². The van der Waals surface area contributed by atoms with Crippen LogP contribution in [0.3, 0.4) is 0 Å². The summed E-state index contributed by atoms with van der Waals surface area (Å²) in [4.78, 5) is 24.0. The van der Waals surface area contributed by atoms with E-state index in [9.17, 15) is 13.6 Å². The molecule has 4 N–H and O–H groups in total. The minimum absolute atomic E-state index is 0.0179. The first-order valence-electron chi connectivity index (χ1n) is 8.39. The standard InChI is InChI=1S/C18H15F2N7O/c1-2-27-7-9(5-25-27)26-18-13-10(6-22-17(13)23-8-24-18)16(28)14-11(19)3-4-12(21)15(14)20/h3-8H,2,21H2,1H3,(H2,22,23,24,26). The van der Waals surface area contributed by atoms with E-state index < -0.39 is 23.0 Å². The molecule has 0 saturated heterocycles. The number of nitrogens with zero attached hydrogens (tertiary/aromatic N) is 4. The molecule has 0 aliphatic carbocycles. The molecule has 4 aromatic rings. The molecule has 0 saturated carbocycles. The second-order valence-electron chi connectivity index (χ2n) is 6.01. The number of hydrogen-bond donors (Lipinski definition) is 3. The van der Waals surface area contributed by atoms with E-state index in [1.54, 1.807) is 17.1 Å². The normalized spacial score (nSPS) is 11.1. The number of hydrogen-bond acceptors (Lipinski definition) is 6. The molecule has 0 spiro atoms. The average molecular weight is 383 g/mol. The van der Waals surface area contributed by atoms with Crippen molar-refractivity contribution >= 4 is 34.0 Å². The van der Waals surface area contributed by atoms with Crippen LogP contribution in [0.5, 0.6) is 0 Å². The van der Waals surface area contributed by atoms with E-state index in [1.807, 2.05) is 6.92 Å². The number of nitrogens with two attached hydrogens (primary N) is 1. The molecule has 0 aliphatic heterocycles. The van der Waals surface area contributed by atoms with Crippen molar-refractivity contribution < 1.29 is 13.6 Å². The van der Waals surface area contributed by atoms with Gasteiger partial charge >= 0.3 is 0 Å². The van der Waals surface area contributed by atoms with E-state index in [1.165, 1.54) is 12.5 Å². The summed E-state index contributed by atoms with van der Waals surface area (Å²) in [6.07, 6.45) is 6.01. The minimum Gasteiger partial charge on any atom is -0.396 e. The summed E-state index contributed by atoms with van der Waals surface area (Å²) in [5, 5.41) is 7.52. The lowest BCUT2D eigenvalue weighted by atomic mass is 10.0. The summed E-state index contributed by atoms with van der Waals surface area (Å²) in [5.41, 5.74) is 5.45. The van der Waals surface area contributed by atoms with E-state index >= 15 is 0 Å². The summed E-state index contributed by atoms with van der Waals surface area (Å²) in [5.74, 6) is -2.66. The molecule has 8 nitrogen and oxygen atoms in total. The largest absolute Gasteiger partial charge is 0.396 e. The fourth-order valence-electron chi connectivity index (χ4n) is 2.89. The second-order valence-corrected chi connectivity index (χ2v) is 6.01. The molecule has 0 aliphatic rings. The van der Waals surface area contributed by atoms with E-state index in [0.717, 1.165) is 12.1 Å². The van der Waals surface area contributed by atoms with E-state index in [4.69, 9.17) is 5.73 Å². The smallest absolute Gasteiger partial charge is 0.201 e. The third-order valence-corrected chi connectivity index (χ3v) is 4.28. The predicted molar refractivity (Wildman–Crippen MR) is 99.3 cm³/mol. The molecule has 0 atom stereocenters. The monoisotopic (exact) mass is 383 g/mol. The van der Waals surface area contributed by atoms with Gasteiger partial charge in [0.15, 0.2) is 5.82 Å². The number of rotatable bonds is 5. The number of nitrogens with one attached hydrogen (secondary N) is 2. The van der Waals surface area contributed by atoms with Gasteiger partial charge in [0.1, 0.15) is 23.6 Å². The van der Waals surface area contributed by atoms with Crippen molar-refractivity contribution in [3.63, 3.8) is 0 Å². The molecule has 0 fully saturated rings. The lowest BCUT2D eigenvalue weighted by molar-refractivity contribution is 0.103. The zero-order chi connectivity index (χ0) is 19.8. The lowest BCUT2D eigenvalue weighted by Crippen LogP contribution is -2.10. The third-order valence-electron chi connectivity index (χ3n) is 4.28. The second kappa shape index (κ2) is 6.72. The van der Waals surface area contributed by atoms with Gasteiger partial charge in [-0.25, -0.2) is 18.7 Å². The summed E-state index contributed by atoms with van der Waals surface area (Å²) in [7, 11) is 0. The lowest BCUT2D eigenvalue weighted by Gasteiger charge is -2.08. The Morgan fingerprint density at radius 2 is 2.14 bits per heavy atom. The Kier molecular flexibility index (Phi) is 4.22. The van der Waals surface area contributed by atoms with Gasteiger partial charge in [0.25, 0.3) is 0 Å². The van der Waals surface area contributed by atoms with Crippen LogP contribution in [0.15, 0.2) is 37.1 Å². The molecule has 0 bridgehead atoms. The maximum absolute atomic E-state index is 14.3. The Bertz CT molecular complexity index is 1200. The number of ketones is 1. The number of H-pyrrole nitrogens is 1. The summed E-state index contributed by atoms with van der Waals surface area (Å²) in [6, 6.07) is 2.02. The van der Waals surface area contributed by atoms with Crippen molar-refractivity contribution in [1.82, 2.24) is 24.7 Å². The van der Waals surface area contributed by atoms with Crippen molar-refractivity contribution in [2.45, 2.75) is 13.5 Å². The van der Waals surface area contributed by atoms with Gasteiger partial charge < -0.3 is 16.0 Å². The minimum atomic E-state index is -1.10. The first-order chi connectivity index (χ1) is 13.5. The highest BCUT2D eigenvalue weighted by molar-refractivity contribution is 6.18. The molecule has 142 valence electrons. The van der Waals surface area contributed by atoms with Crippen LogP contribution in [-0.2, 0) is 6.54 Å². The van der Waals surface area contributed by atoms with Gasteiger partial charge in [-0.15, -0.1) is 0 Å². The number of aromatic amines is 1. The predicted octanol–water partition coefficient (Wildman–Crippen LogP) is 3.01. The van der Waals surface area contributed by atoms with Crippen LogP contribution in [0.4, 0.5) is 26.0 Å². The van der Waals surface area contributed by atoms with E-state index in [0.29, 0.717) is 29.1 Å². The van der Waals surface area contributed by atoms with Crippen molar-refractivity contribution in [3.8, 4) is 0 Å². The van der Waals surface area contributed by atoms with Crippen LogP contribution in [0.2, 0.25) is 0 Å². The molecule has 28 heavy (non-hydrogen) atoms. The number of halogens is 2. The first kappa shape index (κ1) is 17.6. The van der Waals surface area contributed by atoms with Gasteiger partial charge in [-0.2, -0.15) is 5.10 Å². The highest BCUT2D eigenvalue weighted by Crippen LogP contribution is 2.30. The molecule has 0 unspecified atom stereocenters. The SMILES string of the molecule is CCn1cc(Nc2ncnc3[nH]cc(C(=O)c4c(F)ccc(N)c4F)c23)cn1. The van der Waals surface area contributed by atoms with E-state index in [-0.39, 0.29) is 11.3 Å². The Morgan fingerprint density at radius 3 is 2.89 bits per heavy atom. The maximum Gasteiger partial charge on any atom is 0.201 e. The zero-order valence-electron chi connectivity index (χ0n) is 14.7. The Hall–Kier alpha value is -3.82.